The lowest BCUT2D eigenvalue weighted by Gasteiger charge is -2.29. The first kappa shape index (κ1) is 15.5. The van der Waals surface area contributed by atoms with Crippen LogP contribution in [0.25, 0.3) is 0 Å². The van der Waals surface area contributed by atoms with E-state index in [4.69, 9.17) is 5.73 Å². The lowest BCUT2D eigenvalue weighted by Crippen LogP contribution is -2.29. The Kier molecular flexibility index (Phi) is 4.25. The van der Waals surface area contributed by atoms with E-state index in [2.05, 4.69) is 5.10 Å². The molecule has 114 valence electrons. The van der Waals surface area contributed by atoms with Gasteiger partial charge in [-0.05, 0) is 40.0 Å². The monoisotopic (exact) mass is 299 g/mol. The Morgan fingerprint density at radius 1 is 1.35 bits per heavy atom. The second-order valence-corrected chi connectivity index (χ2v) is 8.42. The molecular formula is C14H25N3O2S. The van der Waals surface area contributed by atoms with Gasteiger partial charge in [0.2, 0.25) is 0 Å². The normalized spacial score (nSPS) is 25.6. The molecule has 3 unspecified atom stereocenters. The summed E-state index contributed by atoms with van der Waals surface area (Å²) in [6.45, 7) is 5.96. The molecule has 1 aliphatic carbocycles. The van der Waals surface area contributed by atoms with Gasteiger partial charge in [0.05, 0.1) is 17.0 Å². The minimum absolute atomic E-state index is 0.0435. The highest BCUT2D eigenvalue weighted by atomic mass is 32.2. The van der Waals surface area contributed by atoms with Gasteiger partial charge in [-0.3, -0.25) is 4.68 Å². The van der Waals surface area contributed by atoms with Gasteiger partial charge < -0.3 is 5.73 Å². The zero-order chi connectivity index (χ0) is 15.1. The third-order valence-corrected chi connectivity index (χ3v) is 6.03. The lowest BCUT2D eigenvalue weighted by molar-refractivity contribution is 0.324. The molecule has 1 aromatic heterocycles. The largest absolute Gasteiger partial charge is 0.324 e. The van der Waals surface area contributed by atoms with Crippen molar-refractivity contribution in [2.45, 2.75) is 63.8 Å². The Labute approximate surface area is 121 Å². The average molecular weight is 299 g/mol. The first-order valence-corrected chi connectivity index (χ1v) is 9.17. The SMILES string of the molecule is Cc1nn(C2CCCC(S(C)(=O)=O)C2)c(C)c1C(C)N. The summed E-state index contributed by atoms with van der Waals surface area (Å²) in [7, 11) is -2.97. The van der Waals surface area contributed by atoms with Gasteiger partial charge >= 0.3 is 0 Å². The second kappa shape index (κ2) is 5.48. The van der Waals surface area contributed by atoms with Gasteiger partial charge in [0, 0.05) is 23.6 Å². The van der Waals surface area contributed by atoms with Gasteiger partial charge in [-0.2, -0.15) is 5.10 Å². The molecule has 0 aromatic carbocycles. The van der Waals surface area contributed by atoms with Crippen molar-refractivity contribution in [2.24, 2.45) is 5.73 Å². The van der Waals surface area contributed by atoms with Gasteiger partial charge in [0.1, 0.15) is 9.84 Å². The van der Waals surface area contributed by atoms with E-state index in [0.717, 1.165) is 36.2 Å². The molecule has 20 heavy (non-hydrogen) atoms. The Bertz CT molecular complexity index is 590. The van der Waals surface area contributed by atoms with Crippen molar-refractivity contribution in [1.29, 1.82) is 0 Å². The Morgan fingerprint density at radius 3 is 2.50 bits per heavy atom. The van der Waals surface area contributed by atoms with Crippen LogP contribution in [0.15, 0.2) is 0 Å². The predicted octanol–water partition coefficient (Wildman–Crippen LogP) is 2.05. The topological polar surface area (TPSA) is 78.0 Å². The number of rotatable bonds is 3. The van der Waals surface area contributed by atoms with E-state index in [9.17, 15) is 8.42 Å². The van der Waals surface area contributed by atoms with Crippen LogP contribution in [-0.2, 0) is 9.84 Å². The maximum Gasteiger partial charge on any atom is 0.150 e. The van der Waals surface area contributed by atoms with Crippen LogP contribution >= 0.6 is 0 Å². The Morgan fingerprint density at radius 2 is 2.00 bits per heavy atom. The maximum absolute atomic E-state index is 11.8. The Hall–Kier alpha value is -0.880. The molecule has 5 nitrogen and oxygen atoms in total. The molecule has 0 spiro atoms. The molecule has 0 saturated heterocycles. The number of hydrogen-bond acceptors (Lipinski definition) is 4. The van der Waals surface area contributed by atoms with Gasteiger partial charge in [0.25, 0.3) is 0 Å². The maximum atomic E-state index is 11.8. The Balaban J connectivity index is 2.30. The fraction of sp³-hybridized carbons (Fsp3) is 0.786. The van der Waals surface area contributed by atoms with Gasteiger partial charge in [0.15, 0.2) is 0 Å². The van der Waals surface area contributed by atoms with Crippen molar-refractivity contribution in [3.05, 3.63) is 17.0 Å². The van der Waals surface area contributed by atoms with Crippen LogP contribution < -0.4 is 5.73 Å². The standard InChI is InChI=1S/C14H25N3O2S/c1-9(15)14-10(2)16-17(11(14)3)12-6-5-7-13(8-12)20(4,18)19/h9,12-13H,5-8,15H2,1-4H3. The number of nitrogens with zero attached hydrogens (tertiary/aromatic N) is 2. The van der Waals surface area contributed by atoms with Crippen LogP contribution in [0, 0.1) is 13.8 Å². The molecule has 2 N–H and O–H groups in total. The summed E-state index contributed by atoms with van der Waals surface area (Å²) in [5.74, 6) is 0. The molecule has 6 heteroatoms. The molecular weight excluding hydrogens is 274 g/mol. The van der Waals surface area contributed by atoms with Gasteiger partial charge in [-0.15, -0.1) is 0 Å². The number of aryl methyl sites for hydroxylation is 1. The molecule has 0 aliphatic heterocycles. The molecule has 0 radical (unpaired) electrons. The van der Waals surface area contributed by atoms with Crippen LogP contribution in [-0.4, -0.2) is 29.7 Å². The molecule has 1 aliphatic rings. The third-order valence-electron chi connectivity index (χ3n) is 4.39. The van der Waals surface area contributed by atoms with E-state index in [1.807, 2.05) is 25.5 Å². The van der Waals surface area contributed by atoms with Crippen molar-refractivity contribution in [2.75, 3.05) is 6.26 Å². The molecule has 1 aromatic rings. The van der Waals surface area contributed by atoms with Crippen LogP contribution in [0.2, 0.25) is 0 Å². The molecule has 0 bridgehead atoms. The van der Waals surface area contributed by atoms with E-state index in [0.29, 0.717) is 6.42 Å². The van der Waals surface area contributed by atoms with Crippen molar-refractivity contribution in [1.82, 2.24) is 9.78 Å². The van der Waals surface area contributed by atoms with E-state index in [-0.39, 0.29) is 17.3 Å². The summed E-state index contributed by atoms with van der Waals surface area (Å²) in [5.41, 5.74) is 9.13. The zero-order valence-corrected chi connectivity index (χ0v) is 13.6. The van der Waals surface area contributed by atoms with E-state index >= 15 is 0 Å². The smallest absolute Gasteiger partial charge is 0.150 e. The fourth-order valence-corrected chi connectivity index (χ4v) is 4.59. The van der Waals surface area contributed by atoms with Crippen molar-refractivity contribution < 1.29 is 8.42 Å². The van der Waals surface area contributed by atoms with Crippen LogP contribution in [0.3, 0.4) is 0 Å². The number of nitrogens with two attached hydrogens (primary N) is 1. The molecule has 2 rings (SSSR count). The second-order valence-electron chi connectivity index (χ2n) is 6.09. The lowest BCUT2D eigenvalue weighted by atomic mass is 9.94. The molecule has 3 atom stereocenters. The first-order valence-electron chi connectivity index (χ1n) is 7.22. The van der Waals surface area contributed by atoms with Crippen molar-refractivity contribution in [3.8, 4) is 0 Å². The molecule has 1 fully saturated rings. The summed E-state index contributed by atoms with van der Waals surface area (Å²) < 4.78 is 25.6. The number of sulfone groups is 1. The van der Waals surface area contributed by atoms with E-state index in [1.54, 1.807) is 0 Å². The highest BCUT2D eigenvalue weighted by Gasteiger charge is 2.31. The zero-order valence-electron chi connectivity index (χ0n) is 12.8. The van der Waals surface area contributed by atoms with Crippen molar-refractivity contribution in [3.63, 3.8) is 0 Å². The summed E-state index contributed by atoms with van der Waals surface area (Å²) in [6.07, 6.45) is 4.71. The van der Waals surface area contributed by atoms with Crippen LogP contribution in [0.4, 0.5) is 0 Å². The highest BCUT2D eigenvalue weighted by Crippen LogP contribution is 2.34. The number of aromatic nitrogens is 2. The van der Waals surface area contributed by atoms with Crippen LogP contribution in [0.1, 0.15) is 61.6 Å². The first-order chi connectivity index (χ1) is 9.21. The number of hydrogen-bond donors (Lipinski definition) is 1. The van der Waals surface area contributed by atoms with Crippen LogP contribution in [0.5, 0.6) is 0 Å². The molecule has 1 saturated carbocycles. The predicted molar refractivity (Wildman–Crippen MR) is 80.4 cm³/mol. The third kappa shape index (κ3) is 2.91. The summed E-state index contributed by atoms with van der Waals surface area (Å²) in [5, 5.41) is 4.38. The summed E-state index contributed by atoms with van der Waals surface area (Å²) in [6, 6.07) is 0.132. The van der Waals surface area contributed by atoms with Gasteiger partial charge in [-0.1, -0.05) is 6.42 Å². The molecule has 0 amide bonds. The van der Waals surface area contributed by atoms with E-state index in [1.165, 1.54) is 6.26 Å². The van der Waals surface area contributed by atoms with E-state index < -0.39 is 9.84 Å². The summed E-state index contributed by atoms with van der Waals surface area (Å²) >= 11 is 0. The highest BCUT2D eigenvalue weighted by molar-refractivity contribution is 7.91. The quantitative estimate of drug-likeness (QED) is 0.926. The van der Waals surface area contributed by atoms with Gasteiger partial charge in [-0.25, -0.2) is 8.42 Å². The minimum atomic E-state index is -2.97. The van der Waals surface area contributed by atoms with Crippen molar-refractivity contribution >= 4 is 9.84 Å². The summed E-state index contributed by atoms with van der Waals surface area (Å²) in [4.78, 5) is 0. The fourth-order valence-electron chi connectivity index (χ4n) is 3.42. The minimum Gasteiger partial charge on any atom is -0.324 e. The molecule has 1 heterocycles. The average Bonchev–Trinajstić information content (AvgIpc) is 2.64.